The zero-order valence-electron chi connectivity index (χ0n) is 25.4. The third-order valence-corrected chi connectivity index (χ3v) is 8.14. The van der Waals surface area contributed by atoms with Gasteiger partial charge >= 0.3 is 6.03 Å². The summed E-state index contributed by atoms with van der Waals surface area (Å²) >= 11 is 6.19. The molecule has 0 saturated heterocycles. The van der Waals surface area contributed by atoms with Crippen LogP contribution in [0, 0.1) is 0 Å². The number of phenols is 1. The summed E-state index contributed by atoms with van der Waals surface area (Å²) in [6.07, 6.45) is 3.19. The van der Waals surface area contributed by atoms with Gasteiger partial charge in [-0.3, -0.25) is 9.72 Å². The summed E-state index contributed by atoms with van der Waals surface area (Å²) in [5.74, 6) is 2.31. The van der Waals surface area contributed by atoms with Gasteiger partial charge in [-0.15, -0.1) is 10.2 Å². The number of benzene rings is 2. The number of halogens is 1. The molecule has 0 bridgehead atoms. The van der Waals surface area contributed by atoms with E-state index in [-0.39, 0.29) is 40.3 Å². The Morgan fingerprint density at radius 3 is 2.55 bits per heavy atom. The van der Waals surface area contributed by atoms with Gasteiger partial charge in [-0.05, 0) is 54.3 Å². The molecule has 0 saturated carbocycles. The Bertz CT molecular complexity index is 1840. The average Bonchev–Trinajstić information content (AvgIpc) is 3.60. The monoisotopic (exact) mass is 613 g/mol. The highest BCUT2D eigenvalue weighted by molar-refractivity contribution is 6.32. The number of aromatic hydroxyl groups is 1. The number of urea groups is 1. The maximum atomic E-state index is 13.4. The Balaban J connectivity index is 1.22. The minimum absolute atomic E-state index is 0.0243. The van der Waals surface area contributed by atoms with Gasteiger partial charge in [0.2, 0.25) is 0 Å². The van der Waals surface area contributed by atoms with Crippen LogP contribution >= 0.6 is 11.6 Å². The topological polar surface area (TPSA) is 119 Å². The van der Waals surface area contributed by atoms with E-state index in [0.717, 1.165) is 40.5 Å². The average molecular weight is 614 g/mol. The molecule has 228 valence electrons. The lowest BCUT2D eigenvalue weighted by Gasteiger charge is -2.32. The molecule has 3 N–H and O–H groups in total. The van der Waals surface area contributed by atoms with Crippen molar-refractivity contribution < 1.29 is 14.6 Å². The number of nitrogens with one attached hydrogen (secondary N) is 2. The van der Waals surface area contributed by atoms with Crippen molar-refractivity contribution in [1.82, 2.24) is 29.7 Å². The second kappa shape index (κ2) is 11.5. The van der Waals surface area contributed by atoms with E-state index < -0.39 is 0 Å². The smallest absolute Gasteiger partial charge is 0.320 e. The summed E-state index contributed by atoms with van der Waals surface area (Å²) in [5.41, 5.74) is 3.99. The standard InChI is InChI=1S/C33H36ClN7O3/c1-19(2)31-38-37-29-15-11-21(18-40(29)31)44-27-14-12-25(22-8-6-7-9-23(22)27)35-32(43)36-30-17-28(33(3,4)5)39-41(30)20-10-13-26(42)24(34)16-20/h6-11,13,15-19,25,27,42H,12,14H2,1-5H3,(H2,35,36,43)/t25-,27+/m0/s1. The summed E-state index contributed by atoms with van der Waals surface area (Å²) in [7, 11) is 0. The van der Waals surface area contributed by atoms with Crippen molar-refractivity contribution in [3.05, 3.63) is 94.5 Å². The van der Waals surface area contributed by atoms with Gasteiger partial charge in [0.1, 0.15) is 29.2 Å². The first-order valence-corrected chi connectivity index (χ1v) is 15.1. The molecule has 44 heavy (non-hydrogen) atoms. The van der Waals surface area contributed by atoms with Crippen LogP contribution < -0.4 is 15.4 Å². The predicted molar refractivity (Wildman–Crippen MR) is 170 cm³/mol. The third-order valence-electron chi connectivity index (χ3n) is 7.83. The summed E-state index contributed by atoms with van der Waals surface area (Å²) < 4.78 is 10.1. The minimum atomic E-state index is -0.352. The number of carbonyl (C=O) groups excluding carboxylic acids is 1. The number of phenolic OH excluding ortho intramolecular Hbond substituents is 1. The number of hydrogen-bond acceptors (Lipinski definition) is 6. The molecule has 1 aliphatic carbocycles. The highest BCUT2D eigenvalue weighted by Gasteiger charge is 2.30. The summed E-state index contributed by atoms with van der Waals surface area (Å²) in [6, 6.07) is 18.0. The van der Waals surface area contributed by atoms with Crippen LogP contribution in [0.25, 0.3) is 11.3 Å². The van der Waals surface area contributed by atoms with Crippen LogP contribution in [0.5, 0.6) is 11.5 Å². The zero-order valence-corrected chi connectivity index (χ0v) is 26.1. The Morgan fingerprint density at radius 2 is 1.82 bits per heavy atom. The molecule has 0 spiro atoms. The van der Waals surface area contributed by atoms with Crippen molar-refractivity contribution in [2.75, 3.05) is 5.32 Å². The van der Waals surface area contributed by atoms with E-state index >= 15 is 0 Å². The molecule has 0 fully saturated rings. The van der Waals surface area contributed by atoms with Gasteiger partial charge in [-0.1, -0.05) is 70.5 Å². The van der Waals surface area contributed by atoms with Crippen LogP contribution in [-0.2, 0) is 5.41 Å². The van der Waals surface area contributed by atoms with Crippen LogP contribution in [0.1, 0.15) is 88.2 Å². The first kappa shape index (κ1) is 29.5. The number of pyridine rings is 1. The van der Waals surface area contributed by atoms with E-state index in [1.54, 1.807) is 16.8 Å². The number of rotatable bonds is 6. The molecule has 10 nitrogen and oxygen atoms in total. The van der Waals surface area contributed by atoms with Gasteiger partial charge < -0.3 is 15.2 Å². The van der Waals surface area contributed by atoms with Gasteiger partial charge in [-0.2, -0.15) is 5.10 Å². The SMILES string of the molecule is CC(C)c1nnc2ccc(O[C@@H]3CC[C@H](NC(=O)Nc4cc(C(C)(C)C)nn4-c4ccc(O)c(Cl)c4)c4ccccc43)cn12. The highest BCUT2D eigenvalue weighted by atomic mass is 35.5. The second-order valence-electron chi connectivity index (χ2n) is 12.5. The van der Waals surface area contributed by atoms with Crippen molar-refractivity contribution in [3.8, 4) is 17.2 Å². The second-order valence-corrected chi connectivity index (χ2v) is 12.9. The van der Waals surface area contributed by atoms with Crippen molar-refractivity contribution in [2.24, 2.45) is 0 Å². The number of fused-ring (bicyclic) bond motifs is 2. The van der Waals surface area contributed by atoms with Gasteiger partial charge in [0.15, 0.2) is 5.65 Å². The van der Waals surface area contributed by atoms with E-state index in [1.807, 2.05) is 47.0 Å². The summed E-state index contributed by atoms with van der Waals surface area (Å²) in [4.78, 5) is 13.4. The highest BCUT2D eigenvalue weighted by Crippen LogP contribution is 2.39. The minimum Gasteiger partial charge on any atom is -0.506 e. The number of ether oxygens (including phenoxy) is 1. The first-order chi connectivity index (χ1) is 21.0. The molecule has 5 aromatic rings. The molecule has 3 heterocycles. The number of amides is 2. The largest absolute Gasteiger partial charge is 0.506 e. The van der Waals surface area contributed by atoms with Crippen LogP contribution in [-0.4, -0.2) is 35.5 Å². The predicted octanol–water partition coefficient (Wildman–Crippen LogP) is 7.47. The van der Waals surface area contributed by atoms with Gasteiger partial charge in [0.25, 0.3) is 0 Å². The Kier molecular flexibility index (Phi) is 7.71. The van der Waals surface area contributed by atoms with E-state index in [1.165, 1.54) is 6.07 Å². The van der Waals surface area contributed by atoms with Crippen LogP contribution in [0.3, 0.4) is 0 Å². The lowest BCUT2D eigenvalue weighted by atomic mass is 9.85. The zero-order chi connectivity index (χ0) is 31.2. The molecule has 1 aliphatic rings. The number of aromatic nitrogens is 5. The quantitative estimate of drug-likeness (QED) is 0.183. The van der Waals surface area contributed by atoms with E-state index in [0.29, 0.717) is 17.9 Å². The molecule has 2 amide bonds. The molecule has 2 aromatic carbocycles. The molecule has 0 radical (unpaired) electrons. The first-order valence-electron chi connectivity index (χ1n) is 14.7. The Hall–Kier alpha value is -4.57. The molecule has 2 atom stereocenters. The van der Waals surface area contributed by atoms with Crippen molar-refractivity contribution in [3.63, 3.8) is 0 Å². The molecule has 11 heteroatoms. The number of carbonyl (C=O) groups is 1. The molecular weight excluding hydrogens is 578 g/mol. The maximum absolute atomic E-state index is 13.4. The van der Waals surface area contributed by atoms with Gasteiger partial charge in [0, 0.05) is 17.4 Å². The molecule has 3 aromatic heterocycles. The van der Waals surface area contributed by atoms with E-state index in [9.17, 15) is 9.90 Å². The van der Waals surface area contributed by atoms with Gasteiger partial charge in [0.05, 0.1) is 28.6 Å². The lowest BCUT2D eigenvalue weighted by molar-refractivity contribution is 0.171. The fraction of sp³-hybridized carbons (Fsp3) is 0.333. The third kappa shape index (κ3) is 5.81. The Labute approximate surface area is 261 Å². The summed E-state index contributed by atoms with van der Waals surface area (Å²) in [5, 5.41) is 29.6. The molecular formula is C33H36ClN7O3. The number of anilines is 1. The lowest BCUT2D eigenvalue weighted by Crippen LogP contribution is -2.36. The number of hydrogen-bond donors (Lipinski definition) is 3. The fourth-order valence-electron chi connectivity index (χ4n) is 5.51. The van der Waals surface area contributed by atoms with Crippen LogP contribution in [0.2, 0.25) is 5.02 Å². The van der Waals surface area contributed by atoms with Crippen LogP contribution in [0.4, 0.5) is 10.6 Å². The number of nitrogens with zero attached hydrogens (tertiary/aromatic N) is 5. The maximum Gasteiger partial charge on any atom is 0.320 e. The fourth-order valence-corrected chi connectivity index (χ4v) is 5.69. The summed E-state index contributed by atoms with van der Waals surface area (Å²) in [6.45, 7) is 10.3. The van der Waals surface area contributed by atoms with Gasteiger partial charge in [-0.25, -0.2) is 9.48 Å². The molecule has 0 unspecified atom stereocenters. The molecule has 6 rings (SSSR count). The van der Waals surface area contributed by atoms with E-state index in [4.69, 9.17) is 21.4 Å². The van der Waals surface area contributed by atoms with Crippen molar-refractivity contribution >= 4 is 29.1 Å². The van der Waals surface area contributed by atoms with E-state index in [2.05, 4.69) is 61.5 Å². The van der Waals surface area contributed by atoms with Crippen molar-refractivity contribution in [1.29, 1.82) is 0 Å². The molecule has 0 aliphatic heterocycles. The Morgan fingerprint density at radius 1 is 1.05 bits per heavy atom. The normalized spacial score (nSPS) is 16.6. The van der Waals surface area contributed by atoms with Crippen molar-refractivity contribution in [2.45, 2.75) is 70.9 Å². The van der Waals surface area contributed by atoms with Crippen LogP contribution in [0.15, 0.2) is 66.9 Å².